The van der Waals surface area contributed by atoms with Crippen LogP contribution in [0.15, 0.2) is 20.3 Å². The Bertz CT molecular complexity index is 582. The molecule has 0 aromatic heterocycles. The van der Waals surface area contributed by atoms with Crippen LogP contribution < -0.4 is 0 Å². The number of alkyl halides is 3. The van der Waals surface area contributed by atoms with E-state index in [1.165, 1.54) is 44.1 Å². The normalized spacial score (nSPS) is 21.5. The van der Waals surface area contributed by atoms with E-state index in [1.54, 1.807) is 7.11 Å². The molecule has 8 heteroatoms. The quantitative estimate of drug-likeness (QED) is 0.248. The van der Waals surface area contributed by atoms with Crippen LogP contribution >= 0.6 is 0 Å². The zero-order chi connectivity index (χ0) is 21.3. The number of ketones is 1. The largest absolute Gasteiger partial charge is 0.490 e. The molecule has 27 heavy (non-hydrogen) atoms. The third-order valence-electron chi connectivity index (χ3n) is 4.76. The minimum absolute atomic E-state index is 0.213. The van der Waals surface area contributed by atoms with E-state index >= 15 is 0 Å². The van der Waals surface area contributed by atoms with E-state index in [0.29, 0.717) is 26.1 Å². The van der Waals surface area contributed by atoms with Gasteiger partial charge in [-0.3, -0.25) is 0 Å². The van der Waals surface area contributed by atoms with Gasteiger partial charge in [0.05, 0.1) is 0 Å². The molecular weight excluding hydrogens is 550 g/mol. The van der Waals surface area contributed by atoms with Gasteiger partial charge in [-0.05, 0) is 0 Å². The van der Waals surface area contributed by atoms with E-state index in [2.05, 4.69) is 17.4 Å². The van der Waals surface area contributed by atoms with Crippen molar-refractivity contribution in [2.45, 2.75) is 77.5 Å². The van der Waals surface area contributed by atoms with Crippen LogP contribution in [0.1, 0.15) is 65.7 Å². The topological polar surface area (TPSA) is 63.6 Å². The van der Waals surface area contributed by atoms with Crippen molar-refractivity contribution in [2.24, 2.45) is 0 Å². The molecule has 0 bridgehead atoms. The average Bonchev–Trinajstić information content (AvgIpc) is 2.78. The van der Waals surface area contributed by atoms with Crippen molar-refractivity contribution < 1.29 is 58.7 Å². The molecule has 0 saturated heterocycles. The van der Waals surface area contributed by atoms with Crippen LogP contribution in [0.3, 0.4) is 0 Å². The first-order valence-electron chi connectivity index (χ1n) is 9.07. The first-order chi connectivity index (χ1) is 12.5. The molecule has 1 rings (SSSR count). The molecule has 1 aliphatic carbocycles. The number of rotatable bonds is 8. The monoisotopic (exact) mass is 579 g/mol. The zero-order valence-electron chi connectivity index (χ0n) is 16.5. The number of hydrogen-bond donors (Lipinski definition) is 1. The maximum atomic E-state index is 12.3. The second-order valence-corrected chi connectivity index (χ2v) is 8.20. The summed E-state index contributed by atoms with van der Waals surface area (Å²) >= 11 is 0.484. The van der Waals surface area contributed by atoms with Crippen molar-refractivity contribution in [3.8, 4) is 0 Å². The van der Waals surface area contributed by atoms with Gasteiger partial charge in [-0.15, -0.1) is 0 Å². The van der Waals surface area contributed by atoms with Gasteiger partial charge in [-0.2, -0.15) is 13.2 Å². The molecule has 4 nitrogen and oxygen atoms in total. The molecule has 1 atom stereocenters. The molecule has 151 valence electrons. The SMILES string of the molecule is CCCCCCCCC1=C(C)C(=O)/C(=[CH]\[Hg])C1(C)OC.O=C(O)C(F)(F)F. The molecule has 0 saturated carbocycles. The maximum absolute atomic E-state index is 12.3. The Morgan fingerprint density at radius 3 is 2.11 bits per heavy atom. The molecule has 0 amide bonds. The predicted octanol–water partition coefficient (Wildman–Crippen LogP) is 5.11. The van der Waals surface area contributed by atoms with Crippen LogP contribution in [-0.2, 0) is 40.4 Å². The summed E-state index contributed by atoms with van der Waals surface area (Å²) in [5.74, 6) is -2.54. The summed E-state index contributed by atoms with van der Waals surface area (Å²) in [5, 5.41) is 7.12. The molecule has 0 aromatic carbocycles. The Morgan fingerprint density at radius 1 is 1.22 bits per heavy atom. The van der Waals surface area contributed by atoms with Gasteiger partial charge in [0.15, 0.2) is 0 Å². The number of hydrogen-bond acceptors (Lipinski definition) is 3. The summed E-state index contributed by atoms with van der Waals surface area (Å²) in [4.78, 5) is 21.2. The van der Waals surface area contributed by atoms with Gasteiger partial charge in [-0.25, -0.2) is 4.79 Å². The number of aliphatic carboxylic acids is 1. The first kappa shape index (κ1) is 26.3. The van der Waals surface area contributed by atoms with Gasteiger partial charge >= 0.3 is 152 Å². The molecule has 0 aromatic rings. The Morgan fingerprint density at radius 2 is 1.70 bits per heavy atom. The summed E-state index contributed by atoms with van der Waals surface area (Å²) in [7, 11) is 1.73. The van der Waals surface area contributed by atoms with Gasteiger partial charge < -0.3 is 5.11 Å². The number of Topliss-reactive ketones (excluding diaryl/α,β-unsaturated/α-hetero) is 1. The van der Waals surface area contributed by atoms with Gasteiger partial charge in [0.25, 0.3) is 0 Å². The summed E-state index contributed by atoms with van der Waals surface area (Å²) in [6.45, 7) is 6.27. The molecule has 0 spiro atoms. The number of allylic oxidation sites excluding steroid dienone is 1. The molecule has 1 unspecified atom stereocenters. The summed E-state index contributed by atoms with van der Waals surface area (Å²) in [5.41, 5.74) is 2.59. The van der Waals surface area contributed by atoms with Crippen LogP contribution in [0.5, 0.6) is 0 Å². The molecule has 1 aliphatic rings. The van der Waals surface area contributed by atoms with Gasteiger partial charge in [0, 0.05) is 0 Å². The smallest absolute Gasteiger partial charge is 0.475 e. The summed E-state index contributed by atoms with van der Waals surface area (Å²) in [6.07, 6.45) is 3.61. The van der Waals surface area contributed by atoms with E-state index in [0.717, 1.165) is 17.6 Å². The molecule has 1 N–H and O–H groups in total. The van der Waals surface area contributed by atoms with Crippen molar-refractivity contribution >= 4 is 11.8 Å². The fourth-order valence-electron chi connectivity index (χ4n) is 3.10. The third kappa shape index (κ3) is 7.68. The Balaban J connectivity index is 0.000000821. The number of ether oxygens (including phenoxy) is 1. The molecule has 0 aliphatic heterocycles. The average molecular weight is 578 g/mol. The molecule has 0 radical (unpaired) electrons. The Hall–Kier alpha value is -0.695. The number of carbonyl (C=O) groups is 2. The number of halogens is 3. The van der Waals surface area contributed by atoms with Crippen molar-refractivity contribution in [2.75, 3.05) is 7.11 Å². The Labute approximate surface area is 175 Å². The molecule has 0 fully saturated rings. The van der Waals surface area contributed by atoms with Crippen LogP contribution in [0.25, 0.3) is 0 Å². The Kier molecular flexibility index (Phi) is 11.7. The number of carboxylic acids is 1. The van der Waals surface area contributed by atoms with Crippen molar-refractivity contribution in [1.29, 1.82) is 0 Å². The molecule has 0 heterocycles. The number of carbonyl (C=O) groups excluding carboxylic acids is 1. The van der Waals surface area contributed by atoms with Crippen molar-refractivity contribution in [3.63, 3.8) is 0 Å². The predicted molar refractivity (Wildman–Crippen MR) is 92.9 cm³/mol. The van der Waals surface area contributed by atoms with Crippen LogP contribution in [-0.4, -0.2) is 35.7 Å². The van der Waals surface area contributed by atoms with E-state index < -0.39 is 17.7 Å². The third-order valence-corrected chi connectivity index (χ3v) is 6.35. The second-order valence-electron chi connectivity index (χ2n) is 6.61. The van der Waals surface area contributed by atoms with Crippen LogP contribution in [0.4, 0.5) is 13.2 Å². The number of methoxy groups -OCH3 is 1. The van der Waals surface area contributed by atoms with E-state index in [-0.39, 0.29) is 5.78 Å². The molecular formula is C19H28F3HgO4. The minimum atomic E-state index is -5.08. The minimum Gasteiger partial charge on any atom is -0.475 e. The summed E-state index contributed by atoms with van der Waals surface area (Å²) in [6, 6.07) is 0. The standard InChI is InChI=1S/C17H27O2.C2HF3O2.Hg/c1-6-7-8-9-10-11-12-15-13(2)16(18)14(3)17(15,4)19-5;3-2(4,5)1(6)7;/h3H,6-12H2,1-2,4-5H3;(H,6,7);. The van der Waals surface area contributed by atoms with Crippen LogP contribution in [0.2, 0.25) is 0 Å². The zero-order valence-corrected chi connectivity index (χ0v) is 22.0. The van der Waals surface area contributed by atoms with Gasteiger partial charge in [0.1, 0.15) is 0 Å². The maximum Gasteiger partial charge on any atom is 0.490 e. The first-order valence-corrected chi connectivity index (χ1v) is 12.2. The van der Waals surface area contributed by atoms with E-state index in [4.69, 9.17) is 14.6 Å². The fourth-order valence-corrected chi connectivity index (χ4v) is 5.34. The van der Waals surface area contributed by atoms with Gasteiger partial charge in [0.2, 0.25) is 0 Å². The van der Waals surface area contributed by atoms with Crippen LogP contribution in [0, 0.1) is 0 Å². The van der Waals surface area contributed by atoms with E-state index in [1.807, 2.05) is 6.92 Å². The number of unbranched alkanes of at least 4 members (excludes halogenated alkanes) is 5. The number of carboxylic acid groups (broad SMARTS) is 1. The second kappa shape index (κ2) is 12.0. The van der Waals surface area contributed by atoms with Gasteiger partial charge in [-0.1, -0.05) is 0 Å². The van der Waals surface area contributed by atoms with Crippen molar-refractivity contribution in [3.05, 3.63) is 20.3 Å². The van der Waals surface area contributed by atoms with E-state index in [9.17, 15) is 18.0 Å². The van der Waals surface area contributed by atoms with Crippen molar-refractivity contribution in [1.82, 2.24) is 0 Å². The summed E-state index contributed by atoms with van der Waals surface area (Å²) < 4.78 is 39.6. The fraction of sp³-hybridized carbons (Fsp3) is 0.684.